The fourth-order valence-electron chi connectivity index (χ4n) is 1.72. The third-order valence-corrected chi connectivity index (χ3v) is 2.94. The van der Waals surface area contributed by atoms with Crippen LogP contribution in [0, 0.1) is 5.92 Å². The van der Waals surface area contributed by atoms with Gasteiger partial charge in [0.1, 0.15) is 0 Å². The van der Waals surface area contributed by atoms with Crippen molar-refractivity contribution in [2.24, 2.45) is 5.92 Å². The number of aliphatic hydroxyl groups excluding tert-OH is 1. The van der Waals surface area contributed by atoms with E-state index in [0.717, 1.165) is 6.20 Å². The number of rotatable bonds is 7. The van der Waals surface area contributed by atoms with Crippen molar-refractivity contribution in [3.05, 3.63) is 23.9 Å². The van der Waals surface area contributed by atoms with Gasteiger partial charge in [0, 0.05) is 24.9 Å². The molecule has 22 heavy (non-hydrogen) atoms. The highest BCUT2D eigenvalue weighted by molar-refractivity contribution is 5.94. The molecule has 5 nitrogen and oxygen atoms in total. The number of aliphatic hydroxyl groups is 1. The number of amides is 1. The average molecular weight is 320 g/mol. The highest BCUT2D eigenvalue weighted by Gasteiger charge is 2.28. The molecule has 0 fully saturated rings. The van der Waals surface area contributed by atoms with Crippen LogP contribution in [-0.2, 0) is 0 Å². The highest BCUT2D eigenvalue weighted by atomic mass is 19.4. The predicted molar refractivity (Wildman–Crippen MR) is 73.6 cm³/mol. The van der Waals surface area contributed by atoms with Crippen LogP contribution in [0.4, 0.5) is 13.2 Å². The molecule has 0 aliphatic heterocycles. The van der Waals surface area contributed by atoms with Gasteiger partial charge in [0.25, 0.3) is 5.91 Å². The third-order valence-electron chi connectivity index (χ3n) is 2.94. The molecule has 1 aromatic heterocycles. The summed E-state index contributed by atoms with van der Waals surface area (Å²) in [7, 11) is 0. The number of carbonyl (C=O) groups is 1. The number of pyridine rings is 1. The normalized spacial score (nSPS) is 13.0. The van der Waals surface area contributed by atoms with Crippen LogP contribution in [0.5, 0.6) is 5.88 Å². The van der Waals surface area contributed by atoms with Crippen LogP contribution in [-0.4, -0.2) is 41.4 Å². The second kappa shape index (κ2) is 7.98. The van der Waals surface area contributed by atoms with Crippen LogP contribution >= 0.6 is 0 Å². The number of carbonyl (C=O) groups excluding carboxylic acids is 1. The van der Waals surface area contributed by atoms with Gasteiger partial charge in [-0.05, 0) is 18.4 Å². The minimum absolute atomic E-state index is 0.0500. The first-order chi connectivity index (χ1) is 10.2. The van der Waals surface area contributed by atoms with Gasteiger partial charge in [-0.2, -0.15) is 13.2 Å². The van der Waals surface area contributed by atoms with E-state index in [9.17, 15) is 18.0 Å². The monoisotopic (exact) mass is 320 g/mol. The summed E-state index contributed by atoms with van der Waals surface area (Å²) in [6.07, 6.45) is -2.87. The summed E-state index contributed by atoms with van der Waals surface area (Å²) in [4.78, 5) is 15.7. The molecular weight excluding hydrogens is 301 g/mol. The summed E-state index contributed by atoms with van der Waals surface area (Å²) in [6.45, 7) is 2.34. The first-order valence-electron chi connectivity index (χ1n) is 6.80. The maximum absolute atomic E-state index is 12.0. The fourth-order valence-corrected chi connectivity index (χ4v) is 1.72. The first kappa shape index (κ1) is 18.2. The fraction of sp³-hybridized carbons (Fsp3) is 0.571. The molecule has 1 atom stereocenters. The molecule has 2 N–H and O–H groups in total. The van der Waals surface area contributed by atoms with Gasteiger partial charge in [-0.3, -0.25) is 4.79 Å². The second-order valence-corrected chi connectivity index (χ2v) is 5.13. The summed E-state index contributed by atoms with van der Waals surface area (Å²) < 4.78 is 40.5. The minimum atomic E-state index is -4.44. The Morgan fingerprint density at radius 2 is 2.09 bits per heavy atom. The van der Waals surface area contributed by atoms with Crippen molar-refractivity contribution in [3.63, 3.8) is 0 Å². The molecule has 1 unspecified atom stereocenters. The molecule has 0 bridgehead atoms. The predicted octanol–water partition coefficient (Wildman–Crippen LogP) is 2.16. The number of hydrogen-bond acceptors (Lipinski definition) is 4. The summed E-state index contributed by atoms with van der Waals surface area (Å²) >= 11 is 0. The molecule has 1 amide bonds. The molecule has 0 aromatic carbocycles. The summed E-state index contributed by atoms with van der Waals surface area (Å²) in [5.74, 6) is -0.467. The van der Waals surface area contributed by atoms with Crippen LogP contribution < -0.4 is 10.1 Å². The maximum atomic E-state index is 12.0. The Hall–Kier alpha value is -1.83. The Balaban J connectivity index is 2.63. The SMILES string of the molecule is CC(C)C(CCO)NC(=O)c1ccc(OCC(F)(F)F)nc1. The van der Waals surface area contributed by atoms with E-state index in [1.54, 1.807) is 0 Å². The van der Waals surface area contributed by atoms with Gasteiger partial charge in [-0.15, -0.1) is 0 Å². The van der Waals surface area contributed by atoms with Gasteiger partial charge in [0.15, 0.2) is 6.61 Å². The lowest BCUT2D eigenvalue weighted by atomic mass is 10.0. The number of nitrogens with one attached hydrogen (secondary N) is 1. The topological polar surface area (TPSA) is 71.5 Å². The molecule has 1 aromatic rings. The van der Waals surface area contributed by atoms with E-state index in [2.05, 4.69) is 15.0 Å². The molecular formula is C14H19F3N2O3. The maximum Gasteiger partial charge on any atom is 0.422 e. The van der Waals surface area contributed by atoms with Crippen molar-refractivity contribution in [1.29, 1.82) is 0 Å². The molecule has 0 spiro atoms. The Morgan fingerprint density at radius 3 is 2.55 bits per heavy atom. The van der Waals surface area contributed by atoms with E-state index in [4.69, 9.17) is 5.11 Å². The number of ether oxygens (including phenoxy) is 1. The van der Waals surface area contributed by atoms with Crippen molar-refractivity contribution < 1.29 is 27.8 Å². The molecule has 1 rings (SSSR count). The van der Waals surface area contributed by atoms with E-state index >= 15 is 0 Å². The van der Waals surface area contributed by atoms with E-state index in [1.807, 2.05) is 13.8 Å². The molecule has 0 saturated carbocycles. The first-order valence-corrected chi connectivity index (χ1v) is 6.80. The van der Waals surface area contributed by atoms with E-state index < -0.39 is 18.7 Å². The van der Waals surface area contributed by atoms with E-state index in [1.165, 1.54) is 12.1 Å². The zero-order chi connectivity index (χ0) is 16.8. The van der Waals surface area contributed by atoms with Crippen LogP contribution in [0.2, 0.25) is 0 Å². The summed E-state index contributed by atoms with van der Waals surface area (Å²) in [6, 6.07) is 2.35. The van der Waals surface area contributed by atoms with Crippen molar-refractivity contribution in [1.82, 2.24) is 10.3 Å². The van der Waals surface area contributed by atoms with Crippen LogP contribution in [0.3, 0.4) is 0 Å². The van der Waals surface area contributed by atoms with E-state index in [-0.39, 0.29) is 30.0 Å². The van der Waals surface area contributed by atoms with Crippen LogP contribution in [0.15, 0.2) is 18.3 Å². The number of aromatic nitrogens is 1. The molecule has 8 heteroatoms. The quantitative estimate of drug-likeness (QED) is 0.807. The lowest BCUT2D eigenvalue weighted by molar-refractivity contribution is -0.154. The number of alkyl halides is 3. The smallest absolute Gasteiger partial charge is 0.422 e. The molecule has 124 valence electrons. The van der Waals surface area contributed by atoms with Gasteiger partial charge in [-0.1, -0.05) is 13.8 Å². The van der Waals surface area contributed by atoms with Gasteiger partial charge in [0.05, 0.1) is 5.56 Å². The van der Waals surface area contributed by atoms with Crippen molar-refractivity contribution in [2.75, 3.05) is 13.2 Å². The largest absolute Gasteiger partial charge is 0.468 e. The molecule has 0 aliphatic rings. The van der Waals surface area contributed by atoms with Crippen molar-refractivity contribution >= 4 is 5.91 Å². The van der Waals surface area contributed by atoms with Gasteiger partial charge in [0.2, 0.25) is 5.88 Å². The van der Waals surface area contributed by atoms with Crippen molar-refractivity contribution in [3.8, 4) is 5.88 Å². The lowest BCUT2D eigenvalue weighted by Gasteiger charge is -2.21. The highest BCUT2D eigenvalue weighted by Crippen LogP contribution is 2.17. The number of nitrogens with zero attached hydrogens (tertiary/aromatic N) is 1. The standard InChI is InChI=1S/C14H19F3N2O3/c1-9(2)11(5-6-20)19-13(21)10-3-4-12(18-7-10)22-8-14(15,16)17/h3-4,7,9,11,20H,5-6,8H2,1-2H3,(H,19,21). The molecule has 0 radical (unpaired) electrons. The molecule has 1 heterocycles. The second-order valence-electron chi connectivity index (χ2n) is 5.13. The van der Waals surface area contributed by atoms with Gasteiger partial charge >= 0.3 is 6.18 Å². The zero-order valence-electron chi connectivity index (χ0n) is 12.4. The Bertz CT molecular complexity index is 475. The van der Waals surface area contributed by atoms with Crippen molar-refractivity contribution in [2.45, 2.75) is 32.5 Å². The number of halogens is 3. The molecule has 0 saturated heterocycles. The minimum Gasteiger partial charge on any atom is -0.468 e. The Labute approximate surface area is 126 Å². The third kappa shape index (κ3) is 6.30. The Morgan fingerprint density at radius 1 is 1.41 bits per heavy atom. The molecule has 0 aliphatic carbocycles. The summed E-state index contributed by atoms with van der Waals surface area (Å²) in [5.41, 5.74) is 0.211. The number of hydrogen-bond donors (Lipinski definition) is 2. The average Bonchev–Trinajstić information content (AvgIpc) is 2.44. The van der Waals surface area contributed by atoms with Crippen LogP contribution in [0.25, 0.3) is 0 Å². The van der Waals surface area contributed by atoms with Gasteiger partial charge < -0.3 is 15.2 Å². The zero-order valence-corrected chi connectivity index (χ0v) is 12.4. The van der Waals surface area contributed by atoms with Crippen LogP contribution in [0.1, 0.15) is 30.6 Å². The Kier molecular flexibility index (Phi) is 6.61. The lowest BCUT2D eigenvalue weighted by Crippen LogP contribution is -2.39. The summed E-state index contributed by atoms with van der Waals surface area (Å²) in [5, 5.41) is 11.7. The van der Waals surface area contributed by atoms with E-state index in [0.29, 0.717) is 6.42 Å². The van der Waals surface area contributed by atoms with Gasteiger partial charge in [-0.25, -0.2) is 4.98 Å².